The molecule has 0 aromatic heterocycles. The molecular formula is C7H8N2OS. The summed E-state index contributed by atoms with van der Waals surface area (Å²) < 4.78 is 2.69. The number of anilines is 1. The number of aryl methyl sites for hydroxylation is 1. The zero-order chi connectivity index (χ0) is 8.27. The van der Waals surface area contributed by atoms with E-state index in [1.54, 1.807) is 6.07 Å². The quantitative estimate of drug-likeness (QED) is 0.419. The van der Waals surface area contributed by atoms with E-state index in [1.807, 2.05) is 19.1 Å². The van der Waals surface area contributed by atoms with E-state index in [9.17, 15) is 4.91 Å². The van der Waals surface area contributed by atoms with Crippen molar-refractivity contribution in [2.24, 2.45) is 4.58 Å². The van der Waals surface area contributed by atoms with Gasteiger partial charge in [-0.2, -0.15) is 0 Å². The average molecular weight is 168 g/mol. The Morgan fingerprint density at radius 1 is 1.55 bits per heavy atom. The van der Waals surface area contributed by atoms with Gasteiger partial charge in [0.1, 0.15) is 0 Å². The van der Waals surface area contributed by atoms with Gasteiger partial charge in [-0.05, 0) is 24.6 Å². The molecule has 0 unspecified atom stereocenters. The zero-order valence-corrected chi connectivity index (χ0v) is 6.89. The maximum atomic E-state index is 9.90. The van der Waals surface area contributed by atoms with E-state index in [2.05, 4.69) is 4.58 Å². The van der Waals surface area contributed by atoms with Gasteiger partial charge >= 0.3 is 0 Å². The minimum absolute atomic E-state index is 0.597. The molecule has 2 N–H and O–H groups in total. The zero-order valence-electron chi connectivity index (χ0n) is 6.07. The van der Waals surface area contributed by atoms with Crippen molar-refractivity contribution in [3.8, 4) is 0 Å². The van der Waals surface area contributed by atoms with Crippen LogP contribution in [0.4, 0.5) is 5.69 Å². The molecule has 1 aromatic rings. The number of hydrogen-bond donors (Lipinski definition) is 1. The van der Waals surface area contributed by atoms with Crippen LogP contribution in [0.1, 0.15) is 5.56 Å². The van der Waals surface area contributed by atoms with Crippen LogP contribution in [-0.4, -0.2) is 0 Å². The van der Waals surface area contributed by atoms with Crippen molar-refractivity contribution in [2.75, 3.05) is 5.73 Å². The molecule has 0 aliphatic rings. The Hall–Kier alpha value is -1.03. The fourth-order valence-corrected chi connectivity index (χ4v) is 1.25. The Morgan fingerprint density at radius 3 is 2.91 bits per heavy atom. The smallest absolute Gasteiger partial charge is 0.0592 e. The minimum Gasteiger partial charge on any atom is -0.398 e. The summed E-state index contributed by atoms with van der Waals surface area (Å²) in [6.07, 6.45) is 0. The largest absolute Gasteiger partial charge is 0.398 e. The van der Waals surface area contributed by atoms with Crippen LogP contribution in [0.15, 0.2) is 27.7 Å². The Labute approximate surface area is 69.1 Å². The molecule has 0 saturated carbocycles. The lowest BCUT2D eigenvalue weighted by Crippen LogP contribution is -1.87. The van der Waals surface area contributed by atoms with Gasteiger partial charge in [-0.1, -0.05) is 6.07 Å². The van der Waals surface area contributed by atoms with Crippen molar-refractivity contribution in [3.05, 3.63) is 28.7 Å². The Balaban J connectivity index is 3.01. The molecule has 0 radical (unpaired) electrons. The van der Waals surface area contributed by atoms with E-state index in [0.717, 1.165) is 22.4 Å². The molecule has 4 heteroatoms. The Bertz CT molecular complexity index is 275. The second kappa shape index (κ2) is 3.39. The lowest BCUT2D eigenvalue weighted by Gasteiger charge is -1.99. The second-order valence-electron chi connectivity index (χ2n) is 2.21. The van der Waals surface area contributed by atoms with Gasteiger partial charge in [0.15, 0.2) is 0 Å². The molecule has 0 amide bonds. The van der Waals surface area contributed by atoms with Crippen LogP contribution in [-0.2, 0) is 0 Å². The highest BCUT2D eigenvalue weighted by Crippen LogP contribution is 2.26. The topological polar surface area (TPSA) is 55.4 Å². The molecule has 1 rings (SSSR count). The fourth-order valence-electron chi connectivity index (χ4n) is 0.761. The van der Waals surface area contributed by atoms with Gasteiger partial charge in [-0.15, -0.1) is 4.91 Å². The van der Waals surface area contributed by atoms with Crippen molar-refractivity contribution in [1.82, 2.24) is 0 Å². The van der Waals surface area contributed by atoms with E-state index in [-0.39, 0.29) is 0 Å². The highest BCUT2D eigenvalue weighted by molar-refractivity contribution is 7.98. The maximum Gasteiger partial charge on any atom is 0.0592 e. The lowest BCUT2D eigenvalue weighted by molar-refractivity contribution is 1.36. The van der Waals surface area contributed by atoms with E-state index in [4.69, 9.17) is 5.73 Å². The molecule has 0 spiro atoms. The summed E-state index contributed by atoms with van der Waals surface area (Å²) in [4.78, 5) is 10.6. The first-order valence-corrected chi connectivity index (χ1v) is 3.87. The number of nitrogens with two attached hydrogens (primary N) is 1. The Kier molecular flexibility index (Phi) is 2.48. The molecule has 0 bridgehead atoms. The number of hydrogen-bond acceptors (Lipinski definition) is 4. The van der Waals surface area contributed by atoms with Crippen molar-refractivity contribution >= 4 is 17.6 Å². The van der Waals surface area contributed by atoms with E-state index >= 15 is 0 Å². The normalized spacial score (nSPS) is 9.55. The number of rotatable bonds is 2. The fraction of sp³-hybridized carbons (Fsp3) is 0.143. The van der Waals surface area contributed by atoms with E-state index < -0.39 is 0 Å². The van der Waals surface area contributed by atoms with Crippen molar-refractivity contribution in [2.45, 2.75) is 11.8 Å². The number of nitrogen functional groups attached to an aromatic ring is 1. The summed E-state index contributed by atoms with van der Waals surface area (Å²) in [7, 11) is 0. The summed E-state index contributed by atoms with van der Waals surface area (Å²) in [6, 6.07) is 5.49. The summed E-state index contributed by atoms with van der Waals surface area (Å²) in [5.41, 5.74) is 7.23. The number of nitrogens with zero attached hydrogens (tertiary/aromatic N) is 1. The molecule has 0 fully saturated rings. The molecule has 0 aliphatic heterocycles. The SMILES string of the molecule is Cc1ccc(N)c(SN=O)c1. The van der Waals surface area contributed by atoms with Crippen LogP contribution in [0.3, 0.4) is 0 Å². The van der Waals surface area contributed by atoms with Crippen LogP contribution in [0.5, 0.6) is 0 Å². The van der Waals surface area contributed by atoms with E-state index in [1.165, 1.54) is 0 Å². The molecule has 0 aliphatic carbocycles. The third-order valence-corrected chi connectivity index (χ3v) is 1.93. The molecule has 1 aromatic carbocycles. The minimum atomic E-state index is 0.597. The third kappa shape index (κ3) is 1.94. The van der Waals surface area contributed by atoms with Gasteiger partial charge in [0, 0.05) is 10.3 Å². The predicted octanol–water partition coefficient (Wildman–Crippen LogP) is 2.35. The highest BCUT2D eigenvalue weighted by atomic mass is 32.2. The van der Waals surface area contributed by atoms with Gasteiger partial charge in [0.05, 0.1) is 16.8 Å². The van der Waals surface area contributed by atoms with Crippen molar-refractivity contribution in [1.29, 1.82) is 0 Å². The summed E-state index contributed by atoms with van der Waals surface area (Å²) in [6.45, 7) is 1.94. The monoisotopic (exact) mass is 168 g/mol. The van der Waals surface area contributed by atoms with Crippen LogP contribution in [0.25, 0.3) is 0 Å². The molecule has 58 valence electrons. The maximum absolute atomic E-state index is 9.90. The van der Waals surface area contributed by atoms with Crippen molar-refractivity contribution < 1.29 is 0 Å². The van der Waals surface area contributed by atoms with Crippen LogP contribution in [0, 0.1) is 11.8 Å². The third-order valence-electron chi connectivity index (χ3n) is 1.30. The first kappa shape index (κ1) is 8.07. The second-order valence-corrected chi connectivity index (χ2v) is 2.98. The van der Waals surface area contributed by atoms with Crippen LogP contribution < -0.4 is 5.73 Å². The predicted molar refractivity (Wildman–Crippen MR) is 47.2 cm³/mol. The van der Waals surface area contributed by atoms with Crippen molar-refractivity contribution in [3.63, 3.8) is 0 Å². The molecule has 0 atom stereocenters. The van der Waals surface area contributed by atoms with Gasteiger partial charge in [-0.25, -0.2) is 0 Å². The molecule has 0 heterocycles. The summed E-state index contributed by atoms with van der Waals surface area (Å²) in [5, 5.41) is 0. The standard InChI is InChI=1S/C7H8N2OS/c1-5-2-3-6(8)7(4-5)11-9-10/h2-4H,8H2,1H3. The van der Waals surface area contributed by atoms with Gasteiger partial charge in [0.25, 0.3) is 0 Å². The Morgan fingerprint density at radius 2 is 2.27 bits per heavy atom. The molecular weight excluding hydrogens is 160 g/mol. The lowest BCUT2D eigenvalue weighted by atomic mass is 10.2. The molecule has 3 nitrogen and oxygen atoms in total. The van der Waals surface area contributed by atoms with Crippen LogP contribution in [0.2, 0.25) is 0 Å². The number of nitroso groups, excluding NO2 is 1. The first-order chi connectivity index (χ1) is 5.24. The van der Waals surface area contributed by atoms with Gasteiger partial charge < -0.3 is 5.73 Å². The van der Waals surface area contributed by atoms with Crippen LogP contribution >= 0.6 is 11.9 Å². The highest BCUT2D eigenvalue weighted by Gasteiger charge is 1.99. The summed E-state index contributed by atoms with van der Waals surface area (Å²) in [5.74, 6) is 0. The number of benzene rings is 1. The molecule has 11 heavy (non-hydrogen) atoms. The average Bonchev–Trinajstić information content (AvgIpc) is 1.98. The summed E-state index contributed by atoms with van der Waals surface area (Å²) >= 11 is 0.861. The van der Waals surface area contributed by atoms with Gasteiger partial charge in [-0.3, -0.25) is 0 Å². The van der Waals surface area contributed by atoms with E-state index in [0.29, 0.717) is 5.69 Å². The molecule has 0 saturated heterocycles. The van der Waals surface area contributed by atoms with Gasteiger partial charge in [0.2, 0.25) is 0 Å². The first-order valence-electron chi connectivity index (χ1n) is 3.10.